The van der Waals surface area contributed by atoms with Gasteiger partial charge in [-0.2, -0.15) is 0 Å². The van der Waals surface area contributed by atoms with E-state index in [1.165, 1.54) is 25.7 Å². The third kappa shape index (κ3) is 1.96. The van der Waals surface area contributed by atoms with Crippen LogP contribution in [0.15, 0.2) is 16.5 Å². The molecule has 1 saturated carbocycles. The molecule has 1 fully saturated rings. The second-order valence-corrected chi connectivity index (χ2v) is 4.40. The summed E-state index contributed by atoms with van der Waals surface area (Å²) in [5, 5.41) is 0.469. The van der Waals surface area contributed by atoms with Crippen molar-refractivity contribution >= 4 is 11.6 Å². The first kappa shape index (κ1) is 10.1. The van der Waals surface area contributed by atoms with Gasteiger partial charge in [0.05, 0.1) is 0 Å². The molecule has 1 heterocycles. The highest BCUT2D eigenvalue weighted by Gasteiger charge is 2.27. The Hall–Kier alpha value is -0.470. The van der Waals surface area contributed by atoms with E-state index in [1.54, 1.807) is 6.07 Å². The molecule has 0 aliphatic heterocycles. The van der Waals surface area contributed by atoms with Crippen LogP contribution >= 0.6 is 11.6 Å². The van der Waals surface area contributed by atoms with E-state index < -0.39 is 0 Å². The Morgan fingerprint density at radius 3 is 2.64 bits per heavy atom. The van der Waals surface area contributed by atoms with Crippen LogP contribution in [0, 0.1) is 5.92 Å². The number of halogens is 1. The molecule has 78 valence electrons. The molecular formula is C11H16ClNO. The first-order valence-corrected chi connectivity index (χ1v) is 5.64. The van der Waals surface area contributed by atoms with Crippen molar-refractivity contribution in [3.05, 3.63) is 23.1 Å². The van der Waals surface area contributed by atoms with Crippen LogP contribution in [-0.2, 0) is 0 Å². The van der Waals surface area contributed by atoms with Gasteiger partial charge in [-0.3, -0.25) is 0 Å². The largest absolute Gasteiger partial charge is 0.449 e. The van der Waals surface area contributed by atoms with E-state index in [2.05, 4.69) is 0 Å². The van der Waals surface area contributed by atoms with Crippen molar-refractivity contribution in [3.63, 3.8) is 0 Å². The zero-order valence-corrected chi connectivity index (χ0v) is 8.96. The molecule has 2 N–H and O–H groups in total. The zero-order chi connectivity index (χ0) is 9.97. The van der Waals surface area contributed by atoms with E-state index in [1.807, 2.05) is 6.07 Å². The second-order valence-electron chi connectivity index (χ2n) is 4.03. The summed E-state index contributed by atoms with van der Waals surface area (Å²) < 4.78 is 5.43. The molecule has 0 spiro atoms. The molecule has 2 nitrogen and oxygen atoms in total. The summed E-state index contributed by atoms with van der Waals surface area (Å²) >= 11 is 5.76. The third-order valence-electron chi connectivity index (χ3n) is 3.18. The van der Waals surface area contributed by atoms with Gasteiger partial charge < -0.3 is 10.2 Å². The number of hydrogen-bond acceptors (Lipinski definition) is 2. The average molecular weight is 214 g/mol. The number of rotatable bonds is 3. The fraction of sp³-hybridized carbons (Fsp3) is 0.636. The lowest BCUT2D eigenvalue weighted by Crippen LogP contribution is -2.19. The van der Waals surface area contributed by atoms with Gasteiger partial charge in [0, 0.05) is 12.5 Å². The quantitative estimate of drug-likeness (QED) is 0.838. The molecule has 0 amide bonds. The number of hydrogen-bond donors (Lipinski definition) is 1. The fourth-order valence-electron chi connectivity index (χ4n) is 2.43. The summed E-state index contributed by atoms with van der Waals surface area (Å²) in [5.41, 5.74) is 5.79. The molecule has 1 aliphatic rings. The highest BCUT2D eigenvalue weighted by atomic mass is 35.5. The maximum Gasteiger partial charge on any atom is 0.193 e. The summed E-state index contributed by atoms with van der Waals surface area (Å²) in [5.74, 6) is 2.02. The van der Waals surface area contributed by atoms with Crippen LogP contribution in [0.4, 0.5) is 0 Å². The van der Waals surface area contributed by atoms with Crippen molar-refractivity contribution in [2.24, 2.45) is 11.7 Å². The molecule has 3 heteroatoms. The van der Waals surface area contributed by atoms with Crippen molar-refractivity contribution in [1.82, 2.24) is 0 Å². The molecule has 1 unspecified atom stereocenters. The highest BCUT2D eigenvalue weighted by Crippen LogP contribution is 2.37. The fourth-order valence-corrected chi connectivity index (χ4v) is 2.58. The van der Waals surface area contributed by atoms with Crippen molar-refractivity contribution < 1.29 is 4.42 Å². The van der Waals surface area contributed by atoms with E-state index in [-0.39, 0.29) is 0 Å². The van der Waals surface area contributed by atoms with Crippen molar-refractivity contribution in [2.75, 3.05) is 6.54 Å². The third-order valence-corrected chi connectivity index (χ3v) is 3.39. The predicted molar refractivity (Wildman–Crippen MR) is 57.5 cm³/mol. The summed E-state index contributed by atoms with van der Waals surface area (Å²) in [7, 11) is 0. The molecule has 1 aliphatic carbocycles. The number of nitrogens with two attached hydrogens (primary N) is 1. The highest BCUT2D eigenvalue weighted by molar-refractivity contribution is 6.28. The maximum atomic E-state index is 5.79. The lowest BCUT2D eigenvalue weighted by atomic mass is 9.89. The molecule has 1 atom stereocenters. The molecule has 0 bridgehead atoms. The Morgan fingerprint density at radius 2 is 2.14 bits per heavy atom. The first-order valence-electron chi connectivity index (χ1n) is 5.26. The standard InChI is InChI=1S/C11H16ClNO/c12-11-6-5-10(14-11)9(7-13)8-3-1-2-4-8/h5-6,8-9H,1-4,7,13H2. The van der Waals surface area contributed by atoms with Crippen LogP contribution < -0.4 is 5.73 Å². The molecule has 14 heavy (non-hydrogen) atoms. The Morgan fingerprint density at radius 1 is 1.43 bits per heavy atom. The minimum atomic E-state index is 0.366. The predicted octanol–water partition coefficient (Wildman–Crippen LogP) is 3.17. The van der Waals surface area contributed by atoms with Gasteiger partial charge in [-0.25, -0.2) is 0 Å². The minimum absolute atomic E-state index is 0.366. The Bertz CT molecular complexity index is 291. The molecule has 2 rings (SSSR count). The van der Waals surface area contributed by atoms with E-state index in [9.17, 15) is 0 Å². The molecule has 1 aromatic heterocycles. The van der Waals surface area contributed by atoms with Gasteiger partial charge in [0.25, 0.3) is 0 Å². The van der Waals surface area contributed by atoms with Crippen molar-refractivity contribution in [1.29, 1.82) is 0 Å². The van der Waals surface area contributed by atoms with Crippen LogP contribution in [0.5, 0.6) is 0 Å². The van der Waals surface area contributed by atoms with Crippen LogP contribution in [-0.4, -0.2) is 6.54 Å². The monoisotopic (exact) mass is 213 g/mol. The maximum absolute atomic E-state index is 5.79. The van der Waals surface area contributed by atoms with Crippen LogP contribution in [0.2, 0.25) is 5.22 Å². The van der Waals surface area contributed by atoms with Gasteiger partial charge in [0.2, 0.25) is 0 Å². The van der Waals surface area contributed by atoms with Crippen LogP contribution in [0.1, 0.15) is 37.4 Å². The molecule has 0 aromatic carbocycles. The molecule has 1 aromatic rings. The SMILES string of the molecule is NCC(c1ccc(Cl)o1)C1CCCC1. The summed E-state index contributed by atoms with van der Waals surface area (Å²) in [6.07, 6.45) is 5.21. The lowest BCUT2D eigenvalue weighted by molar-refractivity contribution is 0.368. The van der Waals surface area contributed by atoms with Gasteiger partial charge in [-0.1, -0.05) is 12.8 Å². The topological polar surface area (TPSA) is 39.2 Å². The normalized spacial score (nSPS) is 20.1. The molecule has 0 radical (unpaired) electrons. The van der Waals surface area contributed by atoms with Crippen LogP contribution in [0.25, 0.3) is 0 Å². The van der Waals surface area contributed by atoms with Crippen molar-refractivity contribution in [3.8, 4) is 0 Å². The minimum Gasteiger partial charge on any atom is -0.449 e. The smallest absolute Gasteiger partial charge is 0.193 e. The van der Waals surface area contributed by atoms with Crippen molar-refractivity contribution in [2.45, 2.75) is 31.6 Å². The van der Waals surface area contributed by atoms with E-state index in [0.29, 0.717) is 23.6 Å². The van der Waals surface area contributed by atoms with Gasteiger partial charge in [0.15, 0.2) is 5.22 Å². The lowest BCUT2D eigenvalue weighted by Gasteiger charge is -2.19. The molecule has 0 saturated heterocycles. The Kier molecular flexibility index (Phi) is 3.14. The zero-order valence-electron chi connectivity index (χ0n) is 8.21. The summed E-state index contributed by atoms with van der Waals surface area (Å²) in [4.78, 5) is 0. The van der Waals surface area contributed by atoms with E-state index in [0.717, 1.165) is 5.76 Å². The first-order chi connectivity index (χ1) is 6.81. The van der Waals surface area contributed by atoms with Crippen LogP contribution in [0.3, 0.4) is 0 Å². The summed E-state index contributed by atoms with van der Waals surface area (Å²) in [6, 6.07) is 3.76. The van der Waals surface area contributed by atoms with Gasteiger partial charge >= 0.3 is 0 Å². The van der Waals surface area contributed by atoms with Gasteiger partial charge in [-0.15, -0.1) is 0 Å². The van der Waals surface area contributed by atoms with E-state index >= 15 is 0 Å². The van der Waals surface area contributed by atoms with Gasteiger partial charge in [0.1, 0.15) is 5.76 Å². The number of furan rings is 1. The summed E-state index contributed by atoms with van der Waals surface area (Å²) in [6.45, 7) is 0.661. The Labute approximate surface area is 89.4 Å². The molecular weight excluding hydrogens is 198 g/mol. The average Bonchev–Trinajstić information content (AvgIpc) is 2.79. The Balaban J connectivity index is 2.12. The van der Waals surface area contributed by atoms with Gasteiger partial charge in [-0.05, 0) is 42.5 Å². The van der Waals surface area contributed by atoms with E-state index in [4.69, 9.17) is 21.8 Å². The second kappa shape index (κ2) is 4.37.